The van der Waals surface area contributed by atoms with Crippen molar-refractivity contribution in [3.05, 3.63) is 36.2 Å². The highest BCUT2D eigenvalue weighted by Gasteiger charge is 2.13. The fraction of sp³-hybridized carbons (Fsp3) is 0.450. The maximum absolute atomic E-state index is 5.83. The molecule has 0 saturated heterocycles. The molecule has 1 atom stereocenters. The number of nitrogens with zero attached hydrogens (tertiary/aromatic N) is 7. The van der Waals surface area contributed by atoms with Gasteiger partial charge in [-0.25, -0.2) is 4.98 Å². The van der Waals surface area contributed by atoms with E-state index < -0.39 is 0 Å². The van der Waals surface area contributed by atoms with Crippen LogP contribution in [0.3, 0.4) is 0 Å². The van der Waals surface area contributed by atoms with E-state index in [4.69, 9.17) is 4.74 Å². The zero-order valence-electron chi connectivity index (χ0n) is 18.0. The minimum atomic E-state index is 0.255. The van der Waals surface area contributed by atoms with E-state index in [1.165, 1.54) is 11.8 Å². The Hall–Kier alpha value is -2.88. The van der Waals surface area contributed by atoms with Gasteiger partial charge in [-0.3, -0.25) is 0 Å². The summed E-state index contributed by atoms with van der Waals surface area (Å²) in [4.78, 5) is 19.6. The first kappa shape index (κ1) is 21.8. The van der Waals surface area contributed by atoms with Crippen LogP contribution in [0.15, 0.2) is 35.7 Å². The number of thioether (sulfide) groups is 1. The van der Waals surface area contributed by atoms with Gasteiger partial charge in [0, 0.05) is 25.9 Å². The van der Waals surface area contributed by atoms with Crippen molar-refractivity contribution in [1.29, 1.82) is 0 Å². The average Bonchev–Trinajstić information content (AvgIpc) is 3.21. The molecule has 0 aliphatic heterocycles. The molecule has 9 nitrogen and oxygen atoms in total. The number of anilines is 2. The highest BCUT2D eigenvalue weighted by molar-refractivity contribution is 7.99. The van der Waals surface area contributed by atoms with Crippen LogP contribution in [0.1, 0.15) is 25.8 Å². The molecule has 10 heteroatoms. The first-order valence-corrected chi connectivity index (χ1v) is 10.9. The lowest BCUT2D eigenvalue weighted by molar-refractivity contribution is 0.341. The van der Waals surface area contributed by atoms with Crippen molar-refractivity contribution in [2.45, 2.75) is 38.4 Å². The van der Waals surface area contributed by atoms with Crippen molar-refractivity contribution in [3.8, 4) is 11.7 Å². The summed E-state index contributed by atoms with van der Waals surface area (Å²) in [5.41, 5.74) is 1.12. The van der Waals surface area contributed by atoms with E-state index in [0.717, 1.165) is 23.5 Å². The molecule has 0 radical (unpaired) electrons. The molecule has 0 amide bonds. The van der Waals surface area contributed by atoms with Gasteiger partial charge in [0.25, 0.3) is 5.95 Å². The summed E-state index contributed by atoms with van der Waals surface area (Å²) in [6.07, 6.45) is 2.58. The number of aryl methyl sites for hydroxylation is 1. The maximum Gasteiger partial charge on any atom is 0.258 e. The van der Waals surface area contributed by atoms with E-state index in [0.29, 0.717) is 29.6 Å². The van der Waals surface area contributed by atoms with Crippen molar-refractivity contribution in [2.24, 2.45) is 0 Å². The Morgan fingerprint density at radius 1 is 1.20 bits per heavy atom. The van der Waals surface area contributed by atoms with Crippen molar-refractivity contribution < 1.29 is 4.74 Å². The molecule has 0 aliphatic rings. The molecule has 30 heavy (non-hydrogen) atoms. The van der Waals surface area contributed by atoms with E-state index >= 15 is 0 Å². The van der Waals surface area contributed by atoms with Crippen LogP contribution >= 0.6 is 11.8 Å². The second kappa shape index (κ2) is 10.2. The lowest BCUT2D eigenvalue weighted by Crippen LogP contribution is -2.21. The predicted molar refractivity (Wildman–Crippen MR) is 120 cm³/mol. The average molecular weight is 429 g/mol. The number of benzene rings is 1. The van der Waals surface area contributed by atoms with Crippen molar-refractivity contribution >= 4 is 23.7 Å². The number of aromatic nitrogens is 6. The molecule has 0 spiro atoms. The quantitative estimate of drug-likeness (QED) is 0.386. The minimum Gasteiger partial charge on any atom is -0.492 e. The Bertz CT molecular complexity index is 961. The van der Waals surface area contributed by atoms with Crippen molar-refractivity contribution in [2.75, 3.05) is 36.7 Å². The number of hydrogen-bond donors (Lipinski definition) is 1. The standard InChI is InChI=1S/C20H28N8OS/c1-6-15(3)22-17-23-18(27(4)5)25-19(24-17)28-13-21-20(26-28)30-12-11-29-16-10-8-7-9-14(16)2/h7-10,13,15H,6,11-12H2,1-5H3,(H,22,23,24,25)/t15-/m1/s1. The molecule has 3 aromatic rings. The fourth-order valence-electron chi connectivity index (χ4n) is 2.46. The highest BCUT2D eigenvalue weighted by Crippen LogP contribution is 2.18. The Morgan fingerprint density at radius 2 is 2.00 bits per heavy atom. The summed E-state index contributed by atoms with van der Waals surface area (Å²) < 4.78 is 7.40. The first-order valence-electron chi connectivity index (χ1n) is 9.89. The van der Waals surface area contributed by atoms with Crippen LogP contribution in [0.5, 0.6) is 5.75 Å². The molecule has 0 aliphatic carbocycles. The van der Waals surface area contributed by atoms with Crippen LogP contribution < -0.4 is 15.0 Å². The molecule has 0 bridgehead atoms. The molecular weight excluding hydrogens is 400 g/mol. The van der Waals surface area contributed by atoms with Crippen LogP contribution in [0.2, 0.25) is 0 Å². The maximum atomic E-state index is 5.83. The molecule has 1 N–H and O–H groups in total. The molecule has 2 heterocycles. The fourth-order valence-corrected chi connectivity index (χ4v) is 3.07. The topological polar surface area (TPSA) is 93.9 Å². The summed E-state index contributed by atoms with van der Waals surface area (Å²) in [6, 6.07) is 8.24. The van der Waals surface area contributed by atoms with Gasteiger partial charge in [0.15, 0.2) is 0 Å². The molecule has 0 saturated carbocycles. The van der Waals surface area contributed by atoms with Gasteiger partial charge in [0.05, 0.1) is 6.61 Å². The Morgan fingerprint density at radius 3 is 2.73 bits per heavy atom. The minimum absolute atomic E-state index is 0.255. The van der Waals surface area contributed by atoms with Crippen LogP contribution in [0, 0.1) is 6.92 Å². The molecule has 1 aromatic carbocycles. The lowest BCUT2D eigenvalue weighted by atomic mass is 10.2. The predicted octanol–water partition coefficient (Wildman–Crippen LogP) is 3.21. The van der Waals surface area contributed by atoms with Gasteiger partial charge in [0.1, 0.15) is 12.1 Å². The number of nitrogens with one attached hydrogen (secondary N) is 1. The van der Waals surface area contributed by atoms with Gasteiger partial charge in [-0.05, 0) is 31.9 Å². The van der Waals surface area contributed by atoms with Gasteiger partial charge in [-0.2, -0.15) is 19.6 Å². The van der Waals surface area contributed by atoms with Crippen molar-refractivity contribution in [1.82, 2.24) is 29.7 Å². The molecule has 160 valence electrons. The van der Waals surface area contributed by atoms with Gasteiger partial charge in [0.2, 0.25) is 17.1 Å². The number of para-hydroxylation sites is 1. The van der Waals surface area contributed by atoms with Gasteiger partial charge >= 0.3 is 0 Å². The Labute approximate surface area is 181 Å². The van der Waals surface area contributed by atoms with E-state index in [1.807, 2.05) is 50.2 Å². The second-order valence-electron chi connectivity index (χ2n) is 7.04. The number of ether oxygens (including phenoxy) is 1. The molecule has 3 rings (SSSR count). The molecule has 0 unspecified atom stereocenters. The Kier molecular flexibility index (Phi) is 7.45. The van der Waals surface area contributed by atoms with Crippen LogP contribution in [-0.2, 0) is 0 Å². The smallest absolute Gasteiger partial charge is 0.258 e. The summed E-state index contributed by atoms with van der Waals surface area (Å²) in [7, 11) is 3.78. The third-order valence-electron chi connectivity index (χ3n) is 4.34. The number of hydrogen-bond acceptors (Lipinski definition) is 9. The SMILES string of the molecule is CC[C@@H](C)Nc1nc(N(C)C)nc(-n2cnc(SCCOc3ccccc3C)n2)n1. The first-order chi connectivity index (χ1) is 14.5. The Balaban J connectivity index is 1.65. The van der Waals surface area contributed by atoms with E-state index in [-0.39, 0.29) is 6.04 Å². The lowest BCUT2D eigenvalue weighted by Gasteiger charge is -2.15. The van der Waals surface area contributed by atoms with Crippen LogP contribution in [-0.4, -0.2) is 62.2 Å². The zero-order chi connectivity index (χ0) is 21.5. The largest absolute Gasteiger partial charge is 0.492 e. The summed E-state index contributed by atoms with van der Waals surface area (Å²) in [5, 5.41) is 8.44. The third kappa shape index (κ3) is 5.82. The third-order valence-corrected chi connectivity index (χ3v) is 5.16. The zero-order valence-corrected chi connectivity index (χ0v) is 18.8. The second-order valence-corrected chi connectivity index (χ2v) is 8.10. The van der Waals surface area contributed by atoms with E-state index in [1.54, 1.807) is 11.0 Å². The van der Waals surface area contributed by atoms with Gasteiger partial charge in [-0.1, -0.05) is 36.9 Å². The van der Waals surface area contributed by atoms with Crippen LogP contribution in [0.4, 0.5) is 11.9 Å². The highest BCUT2D eigenvalue weighted by atomic mass is 32.2. The summed E-state index contributed by atoms with van der Waals surface area (Å²) in [5.74, 6) is 3.14. The van der Waals surface area contributed by atoms with E-state index in [2.05, 4.69) is 44.2 Å². The monoisotopic (exact) mass is 428 g/mol. The van der Waals surface area contributed by atoms with Gasteiger partial charge < -0.3 is 15.0 Å². The molecule has 0 fully saturated rings. The van der Waals surface area contributed by atoms with Gasteiger partial charge in [-0.15, -0.1) is 5.10 Å². The summed E-state index contributed by atoms with van der Waals surface area (Å²) in [6.45, 7) is 6.80. The van der Waals surface area contributed by atoms with E-state index in [9.17, 15) is 0 Å². The number of rotatable bonds is 10. The molecular formula is C20H28N8OS. The normalized spacial score (nSPS) is 11.9. The van der Waals surface area contributed by atoms with Crippen LogP contribution in [0.25, 0.3) is 5.95 Å². The molecule has 2 aromatic heterocycles. The summed E-state index contributed by atoms with van der Waals surface area (Å²) >= 11 is 1.52. The van der Waals surface area contributed by atoms with Crippen molar-refractivity contribution in [3.63, 3.8) is 0 Å².